The summed E-state index contributed by atoms with van der Waals surface area (Å²) in [7, 11) is 0. The standard InChI is InChI=1S/C16H15ClFN/c1-10-8-13(18)4-7-15(10)19-16-6-2-11-9-12(17)3-5-14(11)16/h3-5,7-9,16,19H,2,6H2,1H3. The highest BCUT2D eigenvalue weighted by Gasteiger charge is 2.22. The number of aryl methyl sites for hydroxylation is 2. The fourth-order valence-electron chi connectivity index (χ4n) is 2.71. The van der Waals surface area contributed by atoms with Gasteiger partial charge >= 0.3 is 0 Å². The highest BCUT2D eigenvalue weighted by atomic mass is 35.5. The third kappa shape index (κ3) is 2.45. The molecule has 2 aromatic carbocycles. The fraction of sp³-hybridized carbons (Fsp3) is 0.250. The van der Waals surface area contributed by atoms with Gasteiger partial charge in [0.2, 0.25) is 0 Å². The van der Waals surface area contributed by atoms with Gasteiger partial charge in [0, 0.05) is 10.7 Å². The maximum atomic E-state index is 13.1. The van der Waals surface area contributed by atoms with Gasteiger partial charge in [0.15, 0.2) is 0 Å². The molecule has 1 atom stereocenters. The molecule has 0 heterocycles. The molecule has 0 spiro atoms. The molecule has 0 saturated carbocycles. The zero-order chi connectivity index (χ0) is 13.4. The Hall–Kier alpha value is -1.54. The van der Waals surface area contributed by atoms with Gasteiger partial charge in [-0.3, -0.25) is 0 Å². The van der Waals surface area contributed by atoms with E-state index >= 15 is 0 Å². The van der Waals surface area contributed by atoms with Gasteiger partial charge < -0.3 is 5.32 Å². The van der Waals surface area contributed by atoms with Gasteiger partial charge in [-0.1, -0.05) is 17.7 Å². The molecule has 19 heavy (non-hydrogen) atoms. The Morgan fingerprint density at radius 2 is 2.05 bits per heavy atom. The Bertz CT molecular complexity index is 624. The highest BCUT2D eigenvalue weighted by Crippen LogP contribution is 2.35. The predicted molar refractivity (Wildman–Crippen MR) is 77.3 cm³/mol. The van der Waals surface area contributed by atoms with E-state index in [0.717, 1.165) is 29.1 Å². The van der Waals surface area contributed by atoms with Gasteiger partial charge in [0.25, 0.3) is 0 Å². The maximum Gasteiger partial charge on any atom is 0.123 e. The second-order valence-corrected chi connectivity index (χ2v) is 5.47. The van der Waals surface area contributed by atoms with Crippen LogP contribution in [0.5, 0.6) is 0 Å². The first kappa shape index (κ1) is 12.5. The van der Waals surface area contributed by atoms with Crippen LogP contribution in [0.15, 0.2) is 36.4 Å². The summed E-state index contributed by atoms with van der Waals surface area (Å²) in [5.74, 6) is -0.193. The van der Waals surface area contributed by atoms with Gasteiger partial charge in [-0.05, 0) is 66.8 Å². The third-order valence-electron chi connectivity index (χ3n) is 3.70. The number of rotatable bonds is 2. The zero-order valence-corrected chi connectivity index (χ0v) is 11.5. The second-order valence-electron chi connectivity index (χ2n) is 5.04. The van der Waals surface area contributed by atoms with Crippen molar-refractivity contribution in [2.75, 3.05) is 5.32 Å². The van der Waals surface area contributed by atoms with Crippen molar-refractivity contribution in [2.45, 2.75) is 25.8 Å². The Labute approximate surface area is 117 Å². The molecule has 1 aliphatic carbocycles. The lowest BCUT2D eigenvalue weighted by Crippen LogP contribution is -2.08. The van der Waals surface area contributed by atoms with E-state index in [2.05, 4.69) is 11.4 Å². The molecular weight excluding hydrogens is 261 g/mol. The van der Waals surface area contributed by atoms with Crippen molar-refractivity contribution in [1.29, 1.82) is 0 Å². The van der Waals surface area contributed by atoms with E-state index < -0.39 is 0 Å². The Balaban J connectivity index is 1.86. The quantitative estimate of drug-likeness (QED) is 0.823. The van der Waals surface area contributed by atoms with E-state index in [0.29, 0.717) is 0 Å². The molecule has 0 aromatic heterocycles. The van der Waals surface area contributed by atoms with Crippen molar-refractivity contribution in [2.24, 2.45) is 0 Å². The average Bonchev–Trinajstić information content (AvgIpc) is 2.75. The van der Waals surface area contributed by atoms with Gasteiger partial charge in [0.1, 0.15) is 5.82 Å². The number of benzene rings is 2. The summed E-state index contributed by atoms with van der Waals surface area (Å²) < 4.78 is 13.1. The third-order valence-corrected chi connectivity index (χ3v) is 3.94. The topological polar surface area (TPSA) is 12.0 Å². The molecule has 1 aliphatic rings. The fourth-order valence-corrected chi connectivity index (χ4v) is 2.91. The molecule has 0 aliphatic heterocycles. The van der Waals surface area contributed by atoms with Crippen molar-refractivity contribution in [3.63, 3.8) is 0 Å². The number of anilines is 1. The summed E-state index contributed by atoms with van der Waals surface area (Å²) in [6, 6.07) is 11.2. The van der Waals surface area contributed by atoms with Gasteiger partial charge in [-0.25, -0.2) is 4.39 Å². The van der Waals surface area contributed by atoms with Gasteiger partial charge in [-0.2, -0.15) is 0 Å². The molecule has 3 heteroatoms. The van der Waals surface area contributed by atoms with Crippen molar-refractivity contribution >= 4 is 17.3 Å². The lowest BCUT2D eigenvalue weighted by atomic mass is 10.1. The normalized spacial score (nSPS) is 17.3. The van der Waals surface area contributed by atoms with Crippen molar-refractivity contribution in [3.8, 4) is 0 Å². The van der Waals surface area contributed by atoms with Gasteiger partial charge in [-0.15, -0.1) is 0 Å². The summed E-state index contributed by atoms with van der Waals surface area (Å²) >= 11 is 6.01. The highest BCUT2D eigenvalue weighted by molar-refractivity contribution is 6.30. The molecule has 1 nitrogen and oxygen atoms in total. The Morgan fingerprint density at radius 3 is 2.84 bits per heavy atom. The first-order valence-corrected chi connectivity index (χ1v) is 6.82. The minimum absolute atomic E-state index is 0.193. The summed E-state index contributed by atoms with van der Waals surface area (Å²) in [4.78, 5) is 0. The molecule has 1 N–H and O–H groups in total. The van der Waals surface area contributed by atoms with Crippen LogP contribution < -0.4 is 5.32 Å². The maximum absolute atomic E-state index is 13.1. The van der Waals surface area contributed by atoms with Gasteiger partial charge in [0.05, 0.1) is 6.04 Å². The lowest BCUT2D eigenvalue weighted by molar-refractivity contribution is 0.626. The molecule has 0 fully saturated rings. The summed E-state index contributed by atoms with van der Waals surface area (Å²) in [6.45, 7) is 1.92. The van der Waals surface area contributed by atoms with Crippen LogP contribution in [0.3, 0.4) is 0 Å². The van der Waals surface area contributed by atoms with E-state index in [-0.39, 0.29) is 11.9 Å². The van der Waals surface area contributed by atoms with Crippen molar-refractivity contribution in [3.05, 3.63) is 63.9 Å². The molecule has 2 aromatic rings. The van der Waals surface area contributed by atoms with Crippen molar-refractivity contribution < 1.29 is 4.39 Å². The summed E-state index contributed by atoms with van der Waals surface area (Å²) in [6.07, 6.45) is 2.08. The predicted octanol–water partition coefficient (Wildman–Crippen LogP) is 4.89. The van der Waals surface area contributed by atoms with E-state index in [1.165, 1.54) is 17.2 Å². The molecule has 1 unspecified atom stereocenters. The van der Waals surface area contributed by atoms with Crippen LogP contribution in [-0.2, 0) is 6.42 Å². The van der Waals surface area contributed by atoms with Crippen LogP contribution >= 0.6 is 11.6 Å². The van der Waals surface area contributed by atoms with Crippen LogP contribution in [0.2, 0.25) is 5.02 Å². The van der Waals surface area contributed by atoms with Crippen LogP contribution in [0.1, 0.15) is 29.2 Å². The van der Waals surface area contributed by atoms with Crippen LogP contribution in [0.25, 0.3) is 0 Å². The summed E-state index contributed by atoms with van der Waals surface area (Å²) in [5, 5.41) is 4.29. The SMILES string of the molecule is Cc1cc(F)ccc1NC1CCc2cc(Cl)ccc21. The minimum Gasteiger partial charge on any atom is -0.378 e. The van der Waals surface area contributed by atoms with Crippen LogP contribution in [-0.4, -0.2) is 0 Å². The monoisotopic (exact) mass is 275 g/mol. The number of fused-ring (bicyclic) bond motifs is 1. The number of hydrogen-bond donors (Lipinski definition) is 1. The molecule has 0 saturated heterocycles. The van der Waals surface area contributed by atoms with Crippen molar-refractivity contribution in [1.82, 2.24) is 0 Å². The number of nitrogens with one attached hydrogen (secondary N) is 1. The van der Waals surface area contributed by atoms with Crippen LogP contribution in [0.4, 0.5) is 10.1 Å². The molecular formula is C16H15ClFN. The van der Waals surface area contributed by atoms with E-state index in [9.17, 15) is 4.39 Å². The lowest BCUT2D eigenvalue weighted by Gasteiger charge is -2.17. The van der Waals surface area contributed by atoms with Crippen LogP contribution in [0, 0.1) is 12.7 Å². The first-order chi connectivity index (χ1) is 9.13. The smallest absolute Gasteiger partial charge is 0.123 e. The van der Waals surface area contributed by atoms with E-state index in [1.54, 1.807) is 12.1 Å². The largest absolute Gasteiger partial charge is 0.378 e. The average molecular weight is 276 g/mol. The molecule has 0 radical (unpaired) electrons. The molecule has 3 rings (SSSR count). The molecule has 0 bridgehead atoms. The second kappa shape index (κ2) is 4.86. The molecule has 98 valence electrons. The zero-order valence-electron chi connectivity index (χ0n) is 10.7. The first-order valence-electron chi connectivity index (χ1n) is 6.44. The summed E-state index contributed by atoms with van der Waals surface area (Å²) in [5.41, 5.74) is 4.54. The van der Waals surface area contributed by atoms with E-state index in [4.69, 9.17) is 11.6 Å². The van der Waals surface area contributed by atoms with E-state index in [1.807, 2.05) is 19.1 Å². The Morgan fingerprint density at radius 1 is 1.21 bits per heavy atom. The number of hydrogen-bond acceptors (Lipinski definition) is 1. The number of halogens is 2. The minimum atomic E-state index is -0.193. The molecule has 0 amide bonds. The Kier molecular flexibility index (Phi) is 3.19.